The lowest BCUT2D eigenvalue weighted by Gasteiger charge is -2.24. The van der Waals surface area contributed by atoms with Crippen LogP contribution in [0.4, 0.5) is 0 Å². The Bertz CT molecular complexity index is 601. The van der Waals surface area contributed by atoms with Crippen LogP contribution in [0.3, 0.4) is 0 Å². The molecule has 0 radical (unpaired) electrons. The molecule has 0 bridgehead atoms. The minimum Gasteiger partial charge on any atom is -0.350 e. The molecule has 102 valence electrons. The highest BCUT2D eigenvalue weighted by atomic mass is 79.9. The number of hydrogen-bond donors (Lipinski definition) is 1. The molecule has 1 amide bonds. The first-order valence-electron chi connectivity index (χ1n) is 6.47. The summed E-state index contributed by atoms with van der Waals surface area (Å²) in [7, 11) is 0. The van der Waals surface area contributed by atoms with Crippen LogP contribution in [0.15, 0.2) is 34.9 Å². The Hall–Kier alpha value is -1.29. The number of fused-ring (bicyclic) bond motifs is 1. The van der Waals surface area contributed by atoms with Gasteiger partial charge in [-0.25, -0.2) is 0 Å². The molecule has 1 heterocycles. The highest BCUT2D eigenvalue weighted by molar-refractivity contribution is 9.10. The summed E-state index contributed by atoms with van der Waals surface area (Å²) in [5.41, 5.74) is 0.916. The number of amides is 1. The smallest absolute Gasteiger partial charge is 0.240 e. The second-order valence-electron chi connectivity index (χ2n) is 5.43. The van der Waals surface area contributed by atoms with Crippen LogP contribution in [0.2, 0.25) is 0 Å². The number of rotatable bonds is 4. The monoisotopic (exact) mass is 322 g/mol. The average Bonchev–Trinajstić information content (AvgIpc) is 2.71. The van der Waals surface area contributed by atoms with Gasteiger partial charge in [-0.15, -0.1) is 0 Å². The van der Waals surface area contributed by atoms with E-state index in [0.717, 1.165) is 21.8 Å². The predicted molar refractivity (Wildman–Crippen MR) is 82.2 cm³/mol. The Kier molecular flexibility index (Phi) is 3.99. The van der Waals surface area contributed by atoms with Crippen LogP contribution >= 0.6 is 15.9 Å². The quantitative estimate of drug-likeness (QED) is 0.914. The minimum atomic E-state index is -0.152. The van der Waals surface area contributed by atoms with E-state index in [4.69, 9.17) is 0 Å². The third-order valence-corrected chi connectivity index (χ3v) is 3.90. The summed E-state index contributed by atoms with van der Waals surface area (Å²) in [6.07, 6.45) is 2.87. The van der Waals surface area contributed by atoms with Crippen molar-refractivity contribution in [1.29, 1.82) is 0 Å². The van der Waals surface area contributed by atoms with E-state index >= 15 is 0 Å². The molecule has 19 heavy (non-hydrogen) atoms. The van der Waals surface area contributed by atoms with Crippen molar-refractivity contribution < 1.29 is 4.79 Å². The molecule has 0 atom stereocenters. The van der Waals surface area contributed by atoms with Gasteiger partial charge in [-0.1, -0.05) is 28.9 Å². The van der Waals surface area contributed by atoms with Crippen molar-refractivity contribution in [3.05, 3.63) is 34.9 Å². The largest absolute Gasteiger partial charge is 0.350 e. The Balaban J connectivity index is 2.17. The molecule has 2 aromatic rings. The Morgan fingerprint density at radius 3 is 2.79 bits per heavy atom. The van der Waals surface area contributed by atoms with E-state index in [1.807, 2.05) is 48.9 Å². The Morgan fingerprint density at radius 1 is 1.37 bits per heavy atom. The van der Waals surface area contributed by atoms with Gasteiger partial charge in [0.15, 0.2) is 0 Å². The van der Waals surface area contributed by atoms with Crippen LogP contribution in [-0.2, 0) is 11.3 Å². The van der Waals surface area contributed by atoms with Crippen molar-refractivity contribution in [1.82, 2.24) is 9.88 Å². The summed E-state index contributed by atoms with van der Waals surface area (Å²) in [6.45, 7) is 6.50. The number of nitrogens with one attached hydrogen (secondary N) is 1. The fraction of sp³-hybridized carbons (Fsp3) is 0.400. The Labute approximate surface area is 122 Å². The van der Waals surface area contributed by atoms with Gasteiger partial charge in [-0.05, 0) is 43.9 Å². The maximum absolute atomic E-state index is 12.1. The predicted octanol–water partition coefficient (Wildman–Crippen LogP) is 3.71. The molecule has 0 spiro atoms. The van der Waals surface area contributed by atoms with Gasteiger partial charge in [0.05, 0.1) is 0 Å². The molecular weight excluding hydrogens is 304 g/mol. The molecule has 0 saturated heterocycles. The average molecular weight is 323 g/mol. The fourth-order valence-corrected chi connectivity index (χ4v) is 2.30. The molecule has 1 aromatic heterocycles. The zero-order chi connectivity index (χ0) is 14.0. The summed E-state index contributed by atoms with van der Waals surface area (Å²) in [5, 5.41) is 4.20. The molecule has 1 N–H and O–H groups in total. The van der Waals surface area contributed by atoms with Gasteiger partial charge in [0, 0.05) is 21.7 Å². The molecule has 2 rings (SSSR count). The number of halogens is 1. The van der Waals surface area contributed by atoms with Crippen LogP contribution in [0.25, 0.3) is 10.9 Å². The Morgan fingerprint density at radius 2 is 2.11 bits per heavy atom. The van der Waals surface area contributed by atoms with Crippen LogP contribution in [0.5, 0.6) is 0 Å². The van der Waals surface area contributed by atoms with Crippen molar-refractivity contribution in [3.63, 3.8) is 0 Å². The number of carbonyl (C=O) groups excluding carboxylic acids is 1. The summed E-state index contributed by atoms with van der Waals surface area (Å²) in [4.78, 5) is 12.1. The van der Waals surface area contributed by atoms with Crippen LogP contribution in [-0.4, -0.2) is 16.0 Å². The van der Waals surface area contributed by atoms with Gasteiger partial charge in [0.2, 0.25) is 5.91 Å². The number of nitrogens with zero attached hydrogens (tertiary/aromatic N) is 1. The van der Waals surface area contributed by atoms with E-state index in [2.05, 4.69) is 28.2 Å². The molecule has 0 unspecified atom stereocenters. The second kappa shape index (κ2) is 5.37. The summed E-state index contributed by atoms with van der Waals surface area (Å²) in [5.74, 6) is 0.0457. The summed E-state index contributed by atoms with van der Waals surface area (Å²) < 4.78 is 3.00. The number of carbonyl (C=O) groups is 1. The first-order chi connectivity index (χ1) is 8.91. The van der Waals surface area contributed by atoms with E-state index in [9.17, 15) is 4.79 Å². The topological polar surface area (TPSA) is 34.0 Å². The standard InChI is InChI=1S/C15H19BrN2O/c1-4-15(2,3)17-14(19)10-18-8-7-11-5-6-12(16)9-13(11)18/h5-9H,4,10H2,1-3H3,(H,17,19). The highest BCUT2D eigenvalue weighted by Crippen LogP contribution is 2.21. The molecule has 0 saturated carbocycles. The molecule has 3 nitrogen and oxygen atoms in total. The molecule has 0 fully saturated rings. The first kappa shape index (κ1) is 14.1. The third-order valence-electron chi connectivity index (χ3n) is 3.41. The van der Waals surface area contributed by atoms with E-state index in [1.165, 1.54) is 0 Å². The zero-order valence-electron chi connectivity index (χ0n) is 11.5. The van der Waals surface area contributed by atoms with Crippen LogP contribution in [0.1, 0.15) is 27.2 Å². The SMILES string of the molecule is CCC(C)(C)NC(=O)Cn1ccc2ccc(Br)cc21. The number of aromatic nitrogens is 1. The molecule has 0 aliphatic heterocycles. The van der Waals surface area contributed by atoms with Crippen molar-refractivity contribution in [2.45, 2.75) is 39.3 Å². The van der Waals surface area contributed by atoms with Gasteiger partial charge in [0.1, 0.15) is 6.54 Å². The number of hydrogen-bond acceptors (Lipinski definition) is 1. The maximum Gasteiger partial charge on any atom is 0.240 e. The van der Waals surface area contributed by atoms with E-state index in [1.54, 1.807) is 0 Å². The van der Waals surface area contributed by atoms with Crippen molar-refractivity contribution >= 4 is 32.7 Å². The van der Waals surface area contributed by atoms with E-state index in [0.29, 0.717) is 6.54 Å². The van der Waals surface area contributed by atoms with Gasteiger partial charge in [-0.2, -0.15) is 0 Å². The van der Waals surface area contributed by atoms with Crippen LogP contribution < -0.4 is 5.32 Å². The van der Waals surface area contributed by atoms with E-state index in [-0.39, 0.29) is 11.4 Å². The summed E-state index contributed by atoms with van der Waals surface area (Å²) in [6, 6.07) is 8.12. The van der Waals surface area contributed by atoms with Crippen molar-refractivity contribution in [2.75, 3.05) is 0 Å². The minimum absolute atomic E-state index is 0.0457. The van der Waals surface area contributed by atoms with Gasteiger partial charge >= 0.3 is 0 Å². The van der Waals surface area contributed by atoms with Gasteiger partial charge < -0.3 is 9.88 Å². The van der Waals surface area contributed by atoms with Crippen LogP contribution in [0, 0.1) is 0 Å². The first-order valence-corrected chi connectivity index (χ1v) is 7.26. The van der Waals surface area contributed by atoms with E-state index < -0.39 is 0 Å². The van der Waals surface area contributed by atoms with Crippen molar-refractivity contribution in [2.24, 2.45) is 0 Å². The molecule has 0 aliphatic carbocycles. The highest BCUT2D eigenvalue weighted by Gasteiger charge is 2.18. The zero-order valence-corrected chi connectivity index (χ0v) is 13.1. The van der Waals surface area contributed by atoms with Gasteiger partial charge in [-0.3, -0.25) is 4.79 Å². The normalized spacial score (nSPS) is 11.8. The van der Waals surface area contributed by atoms with Gasteiger partial charge in [0.25, 0.3) is 0 Å². The molecule has 1 aromatic carbocycles. The lowest BCUT2D eigenvalue weighted by molar-refractivity contribution is -0.123. The second-order valence-corrected chi connectivity index (χ2v) is 6.35. The molecule has 0 aliphatic rings. The fourth-order valence-electron chi connectivity index (χ4n) is 1.95. The lowest BCUT2D eigenvalue weighted by atomic mass is 10.0. The molecule has 4 heteroatoms. The third kappa shape index (κ3) is 3.38. The lowest BCUT2D eigenvalue weighted by Crippen LogP contribution is -2.44. The summed E-state index contributed by atoms with van der Waals surface area (Å²) >= 11 is 3.46. The molecular formula is C15H19BrN2O. The number of benzene rings is 1. The maximum atomic E-state index is 12.1. The van der Waals surface area contributed by atoms with Crippen molar-refractivity contribution in [3.8, 4) is 0 Å².